The molecule has 1 aliphatic heterocycles. The summed E-state index contributed by atoms with van der Waals surface area (Å²) >= 11 is 0. The maximum Gasteiger partial charge on any atom is 0.270 e. The number of aromatic nitrogens is 1. The lowest BCUT2D eigenvalue weighted by Crippen LogP contribution is -2.15. The van der Waals surface area contributed by atoms with E-state index in [0.717, 1.165) is 5.56 Å². The maximum absolute atomic E-state index is 11.1. The minimum Gasteiger partial charge on any atom is -0.494 e. The van der Waals surface area contributed by atoms with Crippen LogP contribution in [-0.4, -0.2) is 39.6 Å². The highest BCUT2D eigenvalue weighted by molar-refractivity contribution is 6.58. The number of fused-ring (bicyclic) bond motifs is 2. The highest BCUT2D eigenvalue weighted by atomic mass is 35.5. The quantitative estimate of drug-likeness (QED) is 0.342. The van der Waals surface area contributed by atoms with E-state index in [2.05, 4.69) is 15.1 Å². The standard InChI is InChI=1S/C18H15N5O4.ClH/c19-7-8-27-22-16-11-3-1-2-4-13(11)20-17(16)15-12-9-10(23(25)26)5-6-14(12)21-18(15)24;/h1-6,9,21,24H,7-8,19H2;1H. The summed E-state index contributed by atoms with van der Waals surface area (Å²) in [6, 6.07) is 11.6. The van der Waals surface area contributed by atoms with Crippen molar-refractivity contribution in [3.8, 4) is 5.88 Å². The van der Waals surface area contributed by atoms with Gasteiger partial charge in [-0.2, -0.15) is 0 Å². The van der Waals surface area contributed by atoms with Crippen molar-refractivity contribution >= 4 is 46.1 Å². The molecule has 3 aromatic rings. The summed E-state index contributed by atoms with van der Waals surface area (Å²) in [5, 5.41) is 26.2. The molecule has 4 N–H and O–H groups in total. The zero-order chi connectivity index (χ0) is 19.0. The number of benzene rings is 2. The van der Waals surface area contributed by atoms with Crippen LogP contribution in [0.25, 0.3) is 10.9 Å². The van der Waals surface area contributed by atoms with E-state index in [4.69, 9.17) is 10.6 Å². The molecule has 1 aromatic heterocycles. The molecule has 2 aromatic carbocycles. The molecule has 0 amide bonds. The molecule has 9 nitrogen and oxygen atoms in total. The summed E-state index contributed by atoms with van der Waals surface area (Å²) in [6.45, 7) is 0.527. The fourth-order valence-corrected chi connectivity index (χ4v) is 3.02. The summed E-state index contributed by atoms with van der Waals surface area (Å²) in [6.07, 6.45) is 0. The first-order chi connectivity index (χ1) is 13.1. The van der Waals surface area contributed by atoms with Crippen LogP contribution in [0.1, 0.15) is 11.1 Å². The normalized spacial score (nSPS) is 13.9. The molecule has 0 fully saturated rings. The lowest BCUT2D eigenvalue weighted by atomic mass is 10.0. The van der Waals surface area contributed by atoms with Gasteiger partial charge in [0.2, 0.25) is 0 Å². The molecule has 0 saturated carbocycles. The Balaban J connectivity index is 0.00000225. The Morgan fingerprint density at radius 2 is 2.07 bits per heavy atom. The number of nitrogens with two attached hydrogens (primary N) is 1. The topological polar surface area (TPSA) is 139 Å². The third kappa shape index (κ3) is 3.17. The van der Waals surface area contributed by atoms with Gasteiger partial charge in [-0.15, -0.1) is 12.4 Å². The van der Waals surface area contributed by atoms with Crippen molar-refractivity contribution in [2.24, 2.45) is 15.9 Å². The third-order valence-corrected chi connectivity index (χ3v) is 4.19. The van der Waals surface area contributed by atoms with Crippen LogP contribution in [0, 0.1) is 10.1 Å². The van der Waals surface area contributed by atoms with Crippen molar-refractivity contribution in [2.45, 2.75) is 0 Å². The van der Waals surface area contributed by atoms with Crippen molar-refractivity contribution in [1.82, 2.24) is 4.98 Å². The number of hydrogen-bond acceptors (Lipinski definition) is 7. The summed E-state index contributed by atoms with van der Waals surface area (Å²) in [5.41, 5.74) is 8.46. The number of aromatic amines is 1. The number of rotatable bonds is 5. The number of nitro groups is 1. The average Bonchev–Trinajstić information content (AvgIpc) is 3.17. The Morgan fingerprint density at radius 3 is 2.82 bits per heavy atom. The van der Waals surface area contributed by atoms with Gasteiger partial charge in [-0.3, -0.25) is 10.1 Å². The Kier molecular flexibility index (Phi) is 5.30. The molecule has 144 valence electrons. The first kappa shape index (κ1) is 19.3. The van der Waals surface area contributed by atoms with Crippen LogP contribution in [0.15, 0.2) is 52.6 Å². The molecule has 0 bridgehead atoms. The van der Waals surface area contributed by atoms with Gasteiger partial charge in [0, 0.05) is 35.1 Å². The van der Waals surface area contributed by atoms with Gasteiger partial charge in [-0.25, -0.2) is 4.99 Å². The Bertz CT molecular complexity index is 1120. The predicted molar refractivity (Wildman–Crippen MR) is 108 cm³/mol. The fraction of sp³-hybridized carbons (Fsp3) is 0.111. The predicted octanol–water partition coefficient (Wildman–Crippen LogP) is 3.02. The van der Waals surface area contributed by atoms with Crippen molar-refractivity contribution in [3.05, 3.63) is 63.7 Å². The number of nitro benzene ring substituents is 1. The van der Waals surface area contributed by atoms with Gasteiger partial charge in [-0.05, 0) is 12.1 Å². The number of hydrogen-bond donors (Lipinski definition) is 3. The van der Waals surface area contributed by atoms with Crippen LogP contribution in [0.2, 0.25) is 0 Å². The van der Waals surface area contributed by atoms with E-state index in [1.807, 2.05) is 24.3 Å². The number of non-ortho nitro benzene ring substituents is 1. The number of oxime groups is 1. The van der Waals surface area contributed by atoms with E-state index in [9.17, 15) is 15.2 Å². The summed E-state index contributed by atoms with van der Waals surface area (Å²) in [4.78, 5) is 23.3. The minimum atomic E-state index is -0.488. The summed E-state index contributed by atoms with van der Waals surface area (Å²) in [7, 11) is 0. The number of aliphatic imine (C=N–C) groups is 1. The zero-order valence-electron chi connectivity index (χ0n) is 14.5. The molecule has 0 radical (unpaired) electrons. The Morgan fingerprint density at radius 1 is 1.29 bits per heavy atom. The van der Waals surface area contributed by atoms with Crippen LogP contribution >= 0.6 is 12.4 Å². The lowest BCUT2D eigenvalue weighted by Gasteiger charge is -2.04. The van der Waals surface area contributed by atoms with Gasteiger partial charge in [0.25, 0.3) is 5.69 Å². The number of aromatic hydroxyl groups is 1. The van der Waals surface area contributed by atoms with E-state index in [-0.39, 0.29) is 30.6 Å². The van der Waals surface area contributed by atoms with Crippen LogP contribution in [-0.2, 0) is 4.84 Å². The largest absolute Gasteiger partial charge is 0.494 e. The van der Waals surface area contributed by atoms with Crippen molar-refractivity contribution in [1.29, 1.82) is 0 Å². The highest BCUT2D eigenvalue weighted by Gasteiger charge is 2.29. The molecule has 0 atom stereocenters. The molecular weight excluding hydrogens is 386 g/mol. The second-order valence-corrected chi connectivity index (χ2v) is 5.87. The van der Waals surface area contributed by atoms with Gasteiger partial charge in [0.05, 0.1) is 16.2 Å². The maximum atomic E-state index is 11.1. The van der Waals surface area contributed by atoms with Gasteiger partial charge in [0.1, 0.15) is 18.0 Å². The van der Waals surface area contributed by atoms with Crippen LogP contribution in [0.5, 0.6) is 5.88 Å². The fourth-order valence-electron chi connectivity index (χ4n) is 3.02. The van der Waals surface area contributed by atoms with Crippen molar-refractivity contribution < 1.29 is 14.9 Å². The van der Waals surface area contributed by atoms with E-state index in [0.29, 0.717) is 40.1 Å². The lowest BCUT2D eigenvalue weighted by molar-refractivity contribution is -0.384. The molecule has 4 rings (SSSR count). The molecule has 10 heteroatoms. The second-order valence-electron chi connectivity index (χ2n) is 5.87. The second kappa shape index (κ2) is 7.67. The van der Waals surface area contributed by atoms with Crippen LogP contribution in [0.4, 0.5) is 11.4 Å². The smallest absolute Gasteiger partial charge is 0.270 e. The molecule has 1 aliphatic rings. The van der Waals surface area contributed by atoms with Gasteiger partial charge in [-0.1, -0.05) is 23.4 Å². The number of para-hydroxylation sites is 1. The van der Waals surface area contributed by atoms with Crippen molar-refractivity contribution in [2.75, 3.05) is 13.2 Å². The molecule has 2 heterocycles. The number of halogens is 1. The van der Waals surface area contributed by atoms with Crippen LogP contribution < -0.4 is 5.73 Å². The zero-order valence-corrected chi connectivity index (χ0v) is 15.3. The molecule has 0 spiro atoms. The highest BCUT2D eigenvalue weighted by Crippen LogP contribution is 2.36. The van der Waals surface area contributed by atoms with Crippen LogP contribution in [0.3, 0.4) is 0 Å². The van der Waals surface area contributed by atoms with Gasteiger partial charge in [0.15, 0.2) is 5.88 Å². The average molecular weight is 402 g/mol. The van der Waals surface area contributed by atoms with Gasteiger partial charge >= 0.3 is 0 Å². The van der Waals surface area contributed by atoms with E-state index in [1.165, 1.54) is 12.1 Å². The van der Waals surface area contributed by atoms with Gasteiger partial charge < -0.3 is 20.7 Å². The van der Waals surface area contributed by atoms with Crippen molar-refractivity contribution in [3.63, 3.8) is 0 Å². The first-order valence-corrected chi connectivity index (χ1v) is 8.18. The summed E-state index contributed by atoms with van der Waals surface area (Å²) in [5.74, 6) is -0.149. The molecule has 0 saturated heterocycles. The molecule has 0 aliphatic carbocycles. The number of H-pyrrole nitrogens is 1. The Labute approximate surface area is 165 Å². The molecule has 0 unspecified atom stereocenters. The SMILES string of the molecule is Cl.NCCON=C1C(c2c(O)[nH]c3ccc([N+](=O)[O-])cc23)=Nc2ccccc21. The number of nitrogens with zero attached hydrogens (tertiary/aromatic N) is 3. The molecule has 28 heavy (non-hydrogen) atoms. The van der Waals surface area contributed by atoms with E-state index >= 15 is 0 Å². The molecular formula is C18H16ClN5O4. The van der Waals surface area contributed by atoms with E-state index < -0.39 is 4.92 Å². The van der Waals surface area contributed by atoms with E-state index in [1.54, 1.807) is 6.07 Å². The number of nitrogens with one attached hydrogen (secondary N) is 1. The minimum absolute atomic E-state index is 0. The Hall–Kier alpha value is -3.43. The third-order valence-electron chi connectivity index (χ3n) is 4.19. The first-order valence-electron chi connectivity index (χ1n) is 8.18. The summed E-state index contributed by atoms with van der Waals surface area (Å²) < 4.78 is 0. The monoisotopic (exact) mass is 401 g/mol.